The lowest BCUT2D eigenvalue weighted by Gasteiger charge is -2.16. The van der Waals surface area contributed by atoms with Gasteiger partial charge in [0.2, 0.25) is 0 Å². The van der Waals surface area contributed by atoms with Gasteiger partial charge in [0.1, 0.15) is 5.75 Å². The van der Waals surface area contributed by atoms with Crippen molar-refractivity contribution in [3.63, 3.8) is 0 Å². The Hall–Kier alpha value is -1.76. The van der Waals surface area contributed by atoms with Gasteiger partial charge in [0.05, 0.1) is 0 Å². The minimum absolute atomic E-state index is 0.389. The third kappa shape index (κ3) is 5.92. The van der Waals surface area contributed by atoms with Gasteiger partial charge in [0.15, 0.2) is 0 Å². The molecular weight excluding hydrogens is 304 g/mol. The fourth-order valence-electron chi connectivity index (χ4n) is 3.59. The number of aromatic hydroxyl groups is 1. The van der Waals surface area contributed by atoms with Gasteiger partial charge in [-0.15, -0.1) is 0 Å². The fraction of sp³-hybridized carbons (Fsp3) is 0.500. The van der Waals surface area contributed by atoms with E-state index in [0.29, 0.717) is 5.75 Å². The number of aryl methyl sites for hydroxylation is 1. The summed E-state index contributed by atoms with van der Waals surface area (Å²) in [6.07, 6.45) is 12.6. The van der Waals surface area contributed by atoms with Crippen LogP contribution >= 0.6 is 0 Å². The van der Waals surface area contributed by atoms with Crippen LogP contribution in [0.1, 0.15) is 76.3 Å². The van der Waals surface area contributed by atoms with E-state index >= 15 is 0 Å². The van der Waals surface area contributed by atoms with Crippen molar-refractivity contribution in [1.82, 2.24) is 0 Å². The SMILES string of the molecule is CCCCCCc1cccc(-c2ccccc2O)c1CCCCCC. The molecule has 0 aliphatic heterocycles. The molecule has 0 unspecified atom stereocenters. The van der Waals surface area contributed by atoms with Crippen molar-refractivity contribution >= 4 is 0 Å². The van der Waals surface area contributed by atoms with Crippen LogP contribution in [0.5, 0.6) is 5.75 Å². The van der Waals surface area contributed by atoms with Crippen LogP contribution in [0.15, 0.2) is 42.5 Å². The predicted octanol–water partition coefficient (Wildman–Crippen LogP) is 7.30. The molecule has 0 amide bonds. The standard InChI is InChI=1S/C24H34O/c1-3-5-7-9-14-20-15-13-18-22(21(20)16-10-8-6-4-2)23-17-11-12-19-24(23)25/h11-13,15,17-19,25H,3-10,14,16H2,1-2H3. The summed E-state index contributed by atoms with van der Waals surface area (Å²) >= 11 is 0. The van der Waals surface area contributed by atoms with Gasteiger partial charge in [-0.2, -0.15) is 0 Å². The number of hydrogen-bond donors (Lipinski definition) is 1. The molecule has 0 aliphatic carbocycles. The minimum Gasteiger partial charge on any atom is -0.507 e. The second-order valence-corrected chi connectivity index (χ2v) is 7.08. The highest BCUT2D eigenvalue weighted by Crippen LogP contribution is 2.34. The summed E-state index contributed by atoms with van der Waals surface area (Å²) in [6.45, 7) is 4.52. The highest BCUT2D eigenvalue weighted by Gasteiger charge is 2.12. The first kappa shape index (κ1) is 19.6. The van der Waals surface area contributed by atoms with Crippen LogP contribution < -0.4 is 0 Å². The first-order valence-corrected chi connectivity index (χ1v) is 10.2. The second-order valence-electron chi connectivity index (χ2n) is 7.08. The van der Waals surface area contributed by atoms with Gasteiger partial charge >= 0.3 is 0 Å². The number of benzene rings is 2. The molecule has 0 atom stereocenters. The van der Waals surface area contributed by atoms with E-state index in [0.717, 1.165) is 18.4 Å². The maximum atomic E-state index is 10.3. The van der Waals surface area contributed by atoms with Crippen LogP contribution in [0.4, 0.5) is 0 Å². The number of phenolic OH excluding ortho intramolecular Hbond substituents is 1. The molecule has 1 nitrogen and oxygen atoms in total. The van der Waals surface area contributed by atoms with Crippen LogP contribution in [0, 0.1) is 0 Å². The Bertz CT molecular complexity index is 630. The molecular formula is C24H34O. The van der Waals surface area contributed by atoms with Gasteiger partial charge < -0.3 is 5.11 Å². The van der Waals surface area contributed by atoms with Crippen LogP contribution in [0.3, 0.4) is 0 Å². The zero-order valence-electron chi connectivity index (χ0n) is 16.1. The molecule has 0 saturated carbocycles. The van der Waals surface area contributed by atoms with Crippen molar-refractivity contribution in [2.24, 2.45) is 0 Å². The molecule has 0 bridgehead atoms. The third-order valence-electron chi connectivity index (χ3n) is 5.05. The zero-order valence-corrected chi connectivity index (χ0v) is 16.1. The number of phenols is 1. The average molecular weight is 339 g/mol. The first-order valence-electron chi connectivity index (χ1n) is 10.2. The molecule has 0 aliphatic rings. The number of para-hydroxylation sites is 1. The Balaban J connectivity index is 2.25. The maximum Gasteiger partial charge on any atom is 0.123 e. The van der Waals surface area contributed by atoms with Gasteiger partial charge in [-0.3, -0.25) is 0 Å². The van der Waals surface area contributed by atoms with Crippen molar-refractivity contribution in [1.29, 1.82) is 0 Å². The highest BCUT2D eigenvalue weighted by atomic mass is 16.3. The Labute approximate surface area is 154 Å². The van der Waals surface area contributed by atoms with Crippen molar-refractivity contribution in [3.05, 3.63) is 53.6 Å². The van der Waals surface area contributed by atoms with Crippen LogP contribution in [0.2, 0.25) is 0 Å². The molecule has 0 saturated heterocycles. The molecule has 25 heavy (non-hydrogen) atoms. The van der Waals surface area contributed by atoms with Gasteiger partial charge in [0.25, 0.3) is 0 Å². The summed E-state index contributed by atoms with van der Waals surface area (Å²) in [5, 5.41) is 10.3. The molecule has 2 aromatic carbocycles. The lowest BCUT2D eigenvalue weighted by Crippen LogP contribution is -1.99. The van der Waals surface area contributed by atoms with E-state index in [4.69, 9.17) is 0 Å². The smallest absolute Gasteiger partial charge is 0.123 e. The predicted molar refractivity (Wildman–Crippen MR) is 109 cm³/mol. The van der Waals surface area contributed by atoms with Crippen molar-refractivity contribution in [2.45, 2.75) is 78.1 Å². The third-order valence-corrected chi connectivity index (χ3v) is 5.05. The molecule has 0 radical (unpaired) electrons. The lowest BCUT2D eigenvalue weighted by molar-refractivity contribution is 0.477. The van der Waals surface area contributed by atoms with Crippen LogP contribution in [-0.2, 0) is 12.8 Å². The topological polar surface area (TPSA) is 20.2 Å². The summed E-state index contributed by atoms with van der Waals surface area (Å²) in [5.74, 6) is 0.389. The average Bonchev–Trinajstić information content (AvgIpc) is 2.63. The molecule has 0 heterocycles. The Morgan fingerprint density at radius 2 is 1.28 bits per heavy atom. The largest absolute Gasteiger partial charge is 0.507 e. The number of unbranched alkanes of at least 4 members (excludes halogenated alkanes) is 6. The van der Waals surface area contributed by atoms with Gasteiger partial charge in [0, 0.05) is 5.56 Å². The maximum absolute atomic E-state index is 10.3. The fourth-order valence-corrected chi connectivity index (χ4v) is 3.59. The molecule has 0 fully saturated rings. The van der Waals surface area contributed by atoms with Gasteiger partial charge in [-0.05, 0) is 48.4 Å². The summed E-state index contributed by atoms with van der Waals surface area (Å²) in [7, 11) is 0. The van der Waals surface area contributed by atoms with E-state index in [-0.39, 0.29) is 0 Å². The van der Waals surface area contributed by atoms with Gasteiger partial charge in [-0.25, -0.2) is 0 Å². The molecule has 1 N–H and O–H groups in total. The monoisotopic (exact) mass is 338 g/mol. The lowest BCUT2D eigenvalue weighted by atomic mass is 9.89. The molecule has 2 aromatic rings. The van der Waals surface area contributed by atoms with E-state index in [1.165, 1.54) is 68.1 Å². The van der Waals surface area contributed by atoms with Crippen molar-refractivity contribution in [3.8, 4) is 16.9 Å². The van der Waals surface area contributed by atoms with Crippen LogP contribution in [-0.4, -0.2) is 5.11 Å². The van der Waals surface area contributed by atoms with E-state index in [1.54, 1.807) is 6.07 Å². The van der Waals surface area contributed by atoms with Crippen LogP contribution in [0.25, 0.3) is 11.1 Å². The molecule has 2 rings (SSSR count). The van der Waals surface area contributed by atoms with Gasteiger partial charge in [-0.1, -0.05) is 88.8 Å². The van der Waals surface area contributed by atoms with Crippen molar-refractivity contribution in [2.75, 3.05) is 0 Å². The number of rotatable bonds is 11. The molecule has 136 valence electrons. The number of hydrogen-bond acceptors (Lipinski definition) is 1. The summed E-state index contributed by atoms with van der Waals surface area (Å²) in [4.78, 5) is 0. The quantitative estimate of drug-likeness (QED) is 0.426. The summed E-state index contributed by atoms with van der Waals surface area (Å²) < 4.78 is 0. The zero-order chi connectivity index (χ0) is 17.9. The normalized spacial score (nSPS) is 11.0. The summed E-state index contributed by atoms with van der Waals surface area (Å²) in [6, 6.07) is 14.4. The van der Waals surface area contributed by atoms with E-state index in [9.17, 15) is 5.11 Å². The minimum atomic E-state index is 0.389. The first-order chi connectivity index (χ1) is 12.3. The molecule has 0 spiro atoms. The van der Waals surface area contributed by atoms with E-state index < -0.39 is 0 Å². The Morgan fingerprint density at radius 3 is 1.96 bits per heavy atom. The molecule has 0 aromatic heterocycles. The Kier molecular flexibility index (Phi) is 8.59. The van der Waals surface area contributed by atoms with E-state index in [1.807, 2.05) is 18.2 Å². The molecule has 1 heteroatoms. The highest BCUT2D eigenvalue weighted by molar-refractivity contribution is 5.74. The van der Waals surface area contributed by atoms with Crippen molar-refractivity contribution < 1.29 is 5.11 Å². The Morgan fingerprint density at radius 1 is 0.640 bits per heavy atom. The second kappa shape index (κ2) is 11.0. The van der Waals surface area contributed by atoms with E-state index in [2.05, 4.69) is 32.0 Å². The summed E-state index contributed by atoms with van der Waals surface area (Å²) in [5.41, 5.74) is 5.14.